The summed E-state index contributed by atoms with van der Waals surface area (Å²) in [5.74, 6) is 0.711. The molecule has 5 heteroatoms. The van der Waals surface area contributed by atoms with Crippen LogP contribution in [0.2, 0.25) is 0 Å². The van der Waals surface area contributed by atoms with Crippen molar-refractivity contribution < 1.29 is 9.31 Å². The molecular formula is C28H25BN2O2. The summed E-state index contributed by atoms with van der Waals surface area (Å²) in [6.07, 6.45) is 1.95. The van der Waals surface area contributed by atoms with Gasteiger partial charge < -0.3 is 9.31 Å². The molecule has 1 aliphatic rings. The maximum Gasteiger partial charge on any atom is 0.494 e. The summed E-state index contributed by atoms with van der Waals surface area (Å²) in [6, 6.07) is 25.1. The van der Waals surface area contributed by atoms with E-state index >= 15 is 0 Å². The second kappa shape index (κ2) is 7.11. The monoisotopic (exact) mass is 432 g/mol. The number of benzene rings is 4. The molecule has 0 saturated carbocycles. The number of hydrogen-bond donors (Lipinski definition) is 0. The van der Waals surface area contributed by atoms with Gasteiger partial charge in [-0.15, -0.1) is 0 Å². The topological polar surface area (TPSA) is 44.2 Å². The molecular weight excluding hydrogens is 407 g/mol. The highest BCUT2D eigenvalue weighted by atomic mass is 16.7. The fourth-order valence-electron chi connectivity index (χ4n) is 4.57. The zero-order chi connectivity index (χ0) is 22.8. The molecule has 0 unspecified atom stereocenters. The van der Waals surface area contributed by atoms with Crippen molar-refractivity contribution in [3.63, 3.8) is 0 Å². The molecule has 4 nitrogen and oxygen atoms in total. The van der Waals surface area contributed by atoms with E-state index in [0.29, 0.717) is 5.82 Å². The van der Waals surface area contributed by atoms with Gasteiger partial charge >= 0.3 is 7.12 Å². The van der Waals surface area contributed by atoms with Crippen LogP contribution in [0.1, 0.15) is 27.7 Å². The molecule has 0 amide bonds. The van der Waals surface area contributed by atoms with Crippen LogP contribution >= 0.6 is 0 Å². The van der Waals surface area contributed by atoms with Gasteiger partial charge in [0.15, 0.2) is 5.82 Å². The number of nitrogens with zero attached hydrogens (tertiary/aromatic N) is 2. The molecule has 33 heavy (non-hydrogen) atoms. The van der Waals surface area contributed by atoms with E-state index in [2.05, 4.69) is 76.2 Å². The second-order valence-corrected chi connectivity index (χ2v) is 9.76. The fraction of sp³-hybridized carbons (Fsp3) is 0.214. The average molecular weight is 432 g/mol. The van der Waals surface area contributed by atoms with E-state index < -0.39 is 0 Å². The van der Waals surface area contributed by atoms with Gasteiger partial charge in [0.2, 0.25) is 0 Å². The molecule has 1 aromatic heterocycles. The first-order valence-electron chi connectivity index (χ1n) is 11.4. The summed E-state index contributed by atoms with van der Waals surface area (Å²) in [4.78, 5) is 9.76. The summed E-state index contributed by atoms with van der Waals surface area (Å²) in [5, 5.41) is 5.82. The van der Waals surface area contributed by atoms with Crippen LogP contribution in [0.5, 0.6) is 0 Å². The lowest BCUT2D eigenvalue weighted by molar-refractivity contribution is 0.00578. The Morgan fingerprint density at radius 3 is 1.76 bits per heavy atom. The summed E-state index contributed by atoms with van der Waals surface area (Å²) in [7, 11) is -0.378. The van der Waals surface area contributed by atoms with Crippen molar-refractivity contribution in [3.8, 4) is 11.4 Å². The van der Waals surface area contributed by atoms with Crippen molar-refractivity contribution in [2.24, 2.45) is 0 Å². The van der Waals surface area contributed by atoms with E-state index in [4.69, 9.17) is 19.3 Å². The van der Waals surface area contributed by atoms with Crippen molar-refractivity contribution in [1.82, 2.24) is 9.97 Å². The highest BCUT2D eigenvalue weighted by Crippen LogP contribution is 2.37. The predicted molar refractivity (Wildman–Crippen MR) is 136 cm³/mol. The summed E-state index contributed by atoms with van der Waals surface area (Å²) >= 11 is 0. The van der Waals surface area contributed by atoms with E-state index in [1.165, 1.54) is 16.2 Å². The van der Waals surface area contributed by atoms with Gasteiger partial charge in [0.25, 0.3) is 0 Å². The number of hydrogen-bond acceptors (Lipinski definition) is 4. The van der Waals surface area contributed by atoms with Gasteiger partial charge in [0, 0.05) is 22.5 Å². The quantitative estimate of drug-likeness (QED) is 0.257. The van der Waals surface area contributed by atoms with Gasteiger partial charge in [-0.3, -0.25) is 0 Å². The van der Waals surface area contributed by atoms with Gasteiger partial charge in [0.05, 0.1) is 16.7 Å². The molecule has 162 valence electrons. The zero-order valence-corrected chi connectivity index (χ0v) is 19.3. The van der Waals surface area contributed by atoms with Crippen LogP contribution in [0, 0.1) is 0 Å². The molecule has 2 heterocycles. The first-order valence-corrected chi connectivity index (χ1v) is 11.4. The Balaban J connectivity index is 1.44. The van der Waals surface area contributed by atoms with E-state index in [9.17, 15) is 0 Å². The van der Waals surface area contributed by atoms with Crippen LogP contribution in [0.25, 0.3) is 43.8 Å². The lowest BCUT2D eigenvalue weighted by Gasteiger charge is -2.32. The Morgan fingerprint density at radius 1 is 0.636 bits per heavy atom. The molecule has 0 aliphatic carbocycles. The van der Waals surface area contributed by atoms with Gasteiger partial charge in [0.1, 0.15) is 0 Å². The van der Waals surface area contributed by atoms with Gasteiger partial charge in [-0.1, -0.05) is 72.8 Å². The third kappa shape index (κ3) is 3.15. The molecule has 0 radical (unpaired) electrons. The number of rotatable bonds is 2. The SMILES string of the molecule is CC1(C)OB(c2ccc(-c3ncc4c5ccccc5c5ccccc5c4n3)cc2)OC1(C)C. The van der Waals surface area contributed by atoms with E-state index in [-0.39, 0.29) is 18.3 Å². The Labute approximate surface area is 193 Å². The third-order valence-electron chi connectivity index (χ3n) is 7.17. The molecule has 0 atom stereocenters. The van der Waals surface area contributed by atoms with Gasteiger partial charge in [-0.05, 0) is 49.3 Å². The smallest absolute Gasteiger partial charge is 0.399 e. The molecule has 1 saturated heterocycles. The van der Waals surface area contributed by atoms with Crippen molar-refractivity contribution in [3.05, 3.63) is 79.0 Å². The minimum Gasteiger partial charge on any atom is -0.399 e. The van der Waals surface area contributed by atoms with Crippen LogP contribution in [0.4, 0.5) is 0 Å². The van der Waals surface area contributed by atoms with Crippen LogP contribution in [0.15, 0.2) is 79.0 Å². The second-order valence-electron chi connectivity index (χ2n) is 9.76. The zero-order valence-electron chi connectivity index (χ0n) is 19.3. The Hall–Kier alpha value is -3.28. The lowest BCUT2D eigenvalue weighted by Crippen LogP contribution is -2.41. The van der Waals surface area contributed by atoms with E-state index in [0.717, 1.165) is 27.3 Å². The molecule has 0 spiro atoms. The van der Waals surface area contributed by atoms with Crippen molar-refractivity contribution in [1.29, 1.82) is 0 Å². The van der Waals surface area contributed by atoms with Crippen LogP contribution in [-0.2, 0) is 9.31 Å². The van der Waals surface area contributed by atoms with Crippen molar-refractivity contribution >= 4 is 45.0 Å². The minimum absolute atomic E-state index is 0.359. The summed E-state index contributed by atoms with van der Waals surface area (Å²) < 4.78 is 12.4. The van der Waals surface area contributed by atoms with Gasteiger partial charge in [-0.25, -0.2) is 9.97 Å². The first kappa shape index (κ1) is 20.3. The molecule has 4 aromatic carbocycles. The van der Waals surface area contributed by atoms with Crippen molar-refractivity contribution in [2.45, 2.75) is 38.9 Å². The molecule has 1 fully saturated rings. The number of aromatic nitrogens is 2. The molecule has 0 bridgehead atoms. The standard InChI is InChI=1S/C28H25BN2O2/c1-27(2)28(3,4)33-29(32-27)19-15-13-18(14-16-19)26-30-17-24-22-11-6-5-9-20(22)21-10-7-8-12-23(21)25(24)31-26/h5-17H,1-4H3. The summed E-state index contributed by atoms with van der Waals surface area (Å²) in [6.45, 7) is 8.27. The van der Waals surface area contributed by atoms with Crippen LogP contribution in [0.3, 0.4) is 0 Å². The maximum atomic E-state index is 6.19. The normalized spacial score (nSPS) is 17.3. The highest BCUT2D eigenvalue weighted by Gasteiger charge is 2.51. The first-order chi connectivity index (χ1) is 15.8. The summed E-state index contributed by atoms with van der Waals surface area (Å²) in [5.41, 5.74) is 2.22. The molecule has 0 N–H and O–H groups in total. The Bertz CT molecular complexity index is 1480. The molecule has 6 rings (SSSR count). The number of fused-ring (bicyclic) bond motifs is 6. The minimum atomic E-state index is -0.378. The largest absolute Gasteiger partial charge is 0.494 e. The molecule has 5 aromatic rings. The Morgan fingerprint density at radius 2 is 1.15 bits per heavy atom. The van der Waals surface area contributed by atoms with Crippen LogP contribution in [-0.4, -0.2) is 28.3 Å². The van der Waals surface area contributed by atoms with Gasteiger partial charge in [-0.2, -0.15) is 0 Å². The third-order valence-corrected chi connectivity index (χ3v) is 7.17. The Kier molecular flexibility index (Phi) is 4.38. The van der Waals surface area contributed by atoms with E-state index in [1.807, 2.05) is 30.5 Å². The van der Waals surface area contributed by atoms with Crippen LogP contribution < -0.4 is 5.46 Å². The van der Waals surface area contributed by atoms with E-state index in [1.54, 1.807) is 0 Å². The fourth-order valence-corrected chi connectivity index (χ4v) is 4.57. The lowest BCUT2D eigenvalue weighted by atomic mass is 9.79. The van der Waals surface area contributed by atoms with Crippen molar-refractivity contribution in [2.75, 3.05) is 0 Å². The highest BCUT2D eigenvalue weighted by molar-refractivity contribution is 6.62. The maximum absolute atomic E-state index is 6.19. The average Bonchev–Trinajstić information content (AvgIpc) is 3.06. The predicted octanol–water partition coefficient (Wildman–Crippen LogP) is 5.90. The molecule has 1 aliphatic heterocycles.